The van der Waals surface area contributed by atoms with Crippen LogP contribution >= 0.6 is 23.8 Å². The zero-order valence-corrected chi connectivity index (χ0v) is 15.6. The quantitative estimate of drug-likeness (QED) is 0.249. The van der Waals surface area contributed by atoms with E-state index in [1.165, 1.54) is 0 Å². The fourth-order valence-corrected chi connectivity index (χ4v) is 0. The predicted molar refractivity (Wildman–Crippen MR) is 27.1 cm³/mol. The normalized spacial score (nSPS) is 7.00. The second kappa shape index (κ2) is 19.2. The molecule has 0 aromatic carbocycles. The van der Waals surface area contributed by atoms with Crippen LogP contribution in [-0.2, 0) is 4.57 Å². The van der Waals surface area contributed by atoms with Gasteiger partial charge in [-0.2, -0.15) is 7.82 Å². The molecular formula is C2H5BrNa3O4P. The van der Waals surface area contributed by atoms with E-state index in [0.717, 1.165) is 5.33 Å². The molecule has 0 aromatic heterocycles. The van der Waals surface area contributed by atoms with Crippen LogP contribution in [0.3, 0.4) is 0 Å². The van der Waals surface area contributed by atoms with Gasteiger partial charge in [0.05, 0.1) is 0 Å². The van der Waals surface area contributed by atoms with Crippen LogP contribution in [0.2, 0.25) is 0 Å². The Balaban J connectivity index is -0.0000000183. The van der Waals surface area contributed by atoms with Gasteiger partial charge in [0.1, 0.15) is 0 Å². The molecule has 9 heteroatoms. The number of halogens is 1. The zero-order chi connectivity index (χ0) is 7.21. The first-order valence-corrected chi connectivity index (χ1v) is 4.29. The summed E-state index contributed by atoms with van der Waals surface area (Å²) >= 11 is 3.15. The molecule has 0 aliphatic carbocycles. The van der Waals surface area contributed by atoms with Gasteiger partial charge in [-0.15, -0.1) is 0 Å². The van der Waals surface area contributed by atoms with E-state index in [1.54, 1.807) is 0 Å². The first-order valence-electron chi connectivity index (χ1n) is 1.70. The van der Waals surface area contributed by atoms with Crippen LogP contribution in [-0.4, -0.2) is 5.33 Å². The third-order valence-electron chi connectivity index (χ3n) is 0. The van der Waals surface area contributed by atoms with Crippen molar-refractivity contribution in [3.05, 3.63) is 0 Å². The first kappa shape index (κ1) is 29.3. The Morgan fingerprint density at radius 1 is 1.18 bits per heavy atom. The van der Waals surface area contributed by atoms with Gasteiger partial charge in [-0.3, -0.25) is 0 Å². The van der Waals surface area contributed by atoms with Gasteiger partial charge >= 0.3 is 88.7 Å². The number of alkyl halides is 1. The smallest absolute Gasteiger partial charge is 0.822 e. The van der Waals surface area contributed by atoms with Gasteiger partial charge in [-0.05, 0) is 0 Å². The number of hydrogen-bond donors (Lipinski definition) is 0. The van der Waals surface area contributed by atoms with Crippen molar-refractivity contribution in [3.8, 4) is 0 Å². The summed E-state index contributed by atoms with van der Waals surface area (Å²) in [4.78, 5) is 25.6. The molecule has 52 valence electrons. The van der Waals surface area contributed by atoms with Crippen LogP contribution in [0, 0.1) is 0 Å². The molecule has 11 heavy (non-hydrogen) atoms. The topological polar surface area (TPSA) is 86.2 Å². The molecular weight excluding hydrogens is 268 g/mol. The molecule has 0 saturated carbocycles. The van der Waals surface area contributed by atoms with Crippen LogP contribution in [0.25, 0.3) is 0 Å². The van der Waals surface area contributed by atoms with E-state index in [4.69, 9.17) is 19.2 Å². The fraction of sp³-hybridized carbons (Fsp3) is 1.00. The number of phosphoric acid groups is 1. The van der Waals surface area contributed by atoms with E-state index < -0.39 is 7.82 Å². The van der Waals surface area contributed by atoms with Crippen molar-refractivity contribution >= 4 is 23.8 Å². The van der Waals surface area contributed by atoms with Gasteiger partial charge < -0.3 is 19.2 Å². The third-order valence-corrected chi connectivity index (χ3v) is 0. The van der Waals surface area contributed by atoms with Crippen LogP contribution in [0.5, 0.6) is 0 Å². The van der Waals surface area contributed by atoms with Crippen molar-refractivity contribution in [1.82, 2.24) is 0 Å². The maximum Gasteiger partial charge on any atom is 1.00 e. The minimum atomic E-state index is -5.39. The summed E-state index contributed by atoms with van der Waals surface area (Å²) < 4.78 is 8.55. The van der Waals surface area contributed by atoms with Crippen molar-refractivity contribution in [3.63, 3.8) is 0 Å². The fourth-order valence-electron chi connectivity index (χ4n) is 0. The summed E-state index contributed by atoms with van der Waals surface area (Å²) in [5, 5.41) is 1.06. The van der Waals surface area contributed by atoms with Crippen molar-refractivity contribution in [2.24, 2.45) is 0 Å². The van der Waals surface area contributed by atoms with E-state index in [2.05, 4.69) is 15.9 Å². The van der Waals surface area contributed by atoms with Crippen LogP contribution in [0.15, 0.2) is 0 Å². The Morgan fingerprint density at radius 3 is 1.18 bits per heavy atom. The molecule has 0 aliphatic rings. The number of hydrogen-bond acceptors (Lipinski definition) is 4. The molecule has 0 aliphatic heterocycles. The summed E-state index contributed by atoms with van der Waals surface area (Å²) in [7, 11) is -5.39. The third kappa shape index (κ3) is 142. The van der Waals surface area contributed by atoms with Crippen molar-refractivity contribution in [2.75, 3.05) is 5.33 Å². The Labute approximate surface area is 141 Å². The Morgan fingerprint density at radius 2 is 1.18 bits per heavy atom. The van der Waals surface area contributed by atoms with Crippen LogP contribution < -0.4 is 103 Å². The summed E-state index contributed by atoms with van der Waals surface area (Å²) in [6.45, 7) is 2.04. The minimum absolute atomic E-state index is 0. The Kier molecular flexibility index (Phi) is 51.2. The van der Waals surface area contributed by atoms with Crippen LogP contribution in [0.1, 0.15) is 6.92 Å². The van der Waals surface area contributed by atoms with Crippen molar-refractivity contribution in [2.45, 2.75) is 6.92 Å². The molecule has 0 saturated heterocycles. The molecule has 0 amide bonds. The van der Waals surface area contributed by atoms with Gasteiger partial charge in [0.15, 0.2) is 0 Å². The van der Waals surface area contributed by atoms with Gasteiger partial charge in [0.25, 0.3) is 0 Å². The molecule has 0 rings (SSSR count). The summed E-state index contributed by atoms with van der Waals surface area (Å²) in [6, 6.07) is 0. The molecule has 0 N–H and O–H groups in total. The molecule has 0 radical (unpaired) electrons. The van der Waals surface area contributed by atoms with E-state index in [1.807, 2.05) is 6.92 Å². The van der Waals surface area contributed by atoms with Gasteiger partial charge in [0, 0.05) is 5.33 Å². The summed E-state index contributed by atoms with van der Waals surface area (Å²) in [5.41, 5.74) is 0. The maximum atomic E-state index is 8.55. The number of rotatable bonds is 0. The van der Waals surface area contributed by atoms with E-state index in [-0.39, 0.29) is 88.7 Å². The second-order valence-corrected chi connectivity index (χ2v) is 2.73. The summed E-state index contributed by atoms with van der Waals surface area (Å²) in [6.07, 6.45) is 0. The average Bonchev–Trinajstić information content (AvgIpc) is 1.27. The predicted octanol–water partition coefficient (Wildman–Crippen LogP) is -10.4. The SMILES string of the molecule is CCBr.O=P([O-])([O-])[O-].[Na+].[Na+].[Na+]. The largest absolute Gasteiger partial charge is 1.00 e. The molecule has 0 unspecified atom stereocenters. The monoisotopic (exact) mass is 272 g/mol. The van der Waals surface area contributed by atoms with Crippen molar-refractivity contribution < 1.29 is 108 Å². The van der Waals surface area contributed by atoms with E-state index in [0.29, 0.717) is 0 Å². The summed E-state index contributed by atoms with van der Waals surface area (Å²) in [5.74, 6) is 0. The molecule has 0 spiro atoms. The molecule has 0 fully saturated rings. The van der Waals surface area contributed by atoms with E-state index >= 15 is 0 Å². The molecule has 0 bridgehead atoms. The van der Waals surface area contributed by atoms with Gasteiger partial charge in [0.2, 0.25) is 0 Å². The van der Waals surface area contributed by atoms with Gasteiger partial charge in [-0.1, -0.05) is 22.9 Å². The zero-order valence-electron chi connectivity index (χ0n) is 7.17. The Bertz CT molecular complexity index is 79.1. The van der Waals surface area contributed by atoms with Crippen LogP contribution in [0.4, 0.5) is 0 Å². The minimum Gasteiger partial charge on any atom is -0.822 e. The first-order chi connectivity index (χ1) is 3.41. The van der Waals surface area contributed by atoms with Crippen molar-refractivity contribution in [1.29, 1.82) is 0 Å². The Hall–Kier alpha value is 3.59. The second-order valence-electron chi connectivity index (χ2n) is 0.714. The molecule has 0 atom stereocenters. The average molecular weight is 273 g/mol. The molecule has 4 nitrogen and oxygen atoms in total. The van der Waals surface area contributed by atoms with E-state index in [9.17, 15) is 0 Å². The maximum absolute atomic E-state index is 8.55. The molecule has 0 heterocycles. The van der Waals surface area contributed by atoms with Gasteiger partial charge in [-0.25, -0.2) is 0 Å². The molecule has 0 aromatic rings. The standard InChI is InChI=1S/C2H5Br.3Na.H3O4P/c1-2-3;;;;1-5(2,3)4/h2H2,1H3;;;;(H3,1,2,3,4)/q;3*+1;/p-3.